The smallest absolute Gasteiger partial charge is 0.490 e. The first-order chi connectivity index (χ1) is 16.8. The number of aliphatic carboxylic acids is 2. The molecule has 1 atom stereocenters. The average Bonchev–Trinajstić information content (AvgIpc) is 3.21. The molecule has 0 aliphatic heterocycles. The maximum absolute atomic E-state index is 12.6. The van der Waals surface area contributed by atoms with E-state index in [0.29, 0.717) is 6.54 Å². The van der Waals surface area contributed by atoms with E-state index in [-0.39, 0.29) is 23.5 Å². The van der Waals surface area contributed by atoms with E-state index in [4.69, 9.17) is 19.7 Å². The number of carboxylic acid groups (broad SMARTS) is 2. The monoisotopic (exact) mass is 531 g/mol. The minimum absolute atomic E-state index is 0.101. The number of imidazole rings is 1. The minimum Gasteiger partial charge on any atom is -0.490 e. The van der Waals surface area contributed by atoms with Gasteiger partial charge in [0.15, 0.2) is 0 Å². The number of halogens is 3. The van der Waals surface area contributed by atoms with Gasteiger partial charge in [-0.3, -0.25) is 4.79 Å². The second-order valence-corrected chi connectivity index (χ2v) is 8.67. The molecule has 3 aromatic rings. The van der Waals surface area contributed by atoms with Crippen LogP contribution >= 0.6 is 0 Å². The Bertz CT molecular complexity index is 1330. The van der Waals surface area contributed by atoms with E-state index >= 15 is 0 Å². The number of hydrogen-bond acceptors (Lipinski definition) is 7. The van der Waals surface area contributed by atoms with Gasteiger partial charge in [-0.25, -0.2) is 22.9 Å². The van der Waals surface area contributed by atoms with Crippen molar-refractivity contribution in [3.05, 3.63) is 54.9 Å². The Hall–Kier alpha value is -3.98. The normalized spacial score (nSPS) is 12.3. The van der Waals surface area contributed by atoms with Gasteiger partial charge in [0, 0.05) is 0 Å². The molecular weight excluding hydrogens is 511 g/mol. The van der Waals surface area contributed by atoms with E-state index in [1.807, 2.05) is 28.8 Å². The molecule has 3 N–H and O–H groups in total. The number of carbonyl (C=O) groups is 3. The fourth-order valence-electron chi connectivity index (χ4n) is 2.80. The predicted molar refractivity (Wildman–Crippen MR) is 118 cm³/mol. The first-order valence-electron chi connectivity index (χ1n) is 9.96. The minimum atomic E-state index is -5.08. The van der Waals surface area contributed by atoms with Gasteiger partial charge in [-0.1, -0.05) is 24.3 Å². The first kappa shape index (κ1) is 28.3. The van der Waals surface area contributed by atoms with Gasteiger partial charge in [0.2, 0.25) is 10.0 Å². The van der Waals surface area contributed by atoms with Gasteiger partial charge < -0.3 is 24.3 Å². The second-order valence-electron chi connectivity index (χ2n) is 6.99. The summed E-state index contributed by atoms with van der Waals surface area (Å²) in [7, 11) is -4.16. The molecule has 1 heterocycles. The summed E-state index contributed by atoms with van der Waals surface area (Å²) < 4.78 is 66.6. The molecule has 0 spiro atoms. The number of aldehydes is 1. The summed E-state index contributed by atoms with van der Waals surface area (Å²) in [4.78, 5) is 34.8. The number of hydrogen-bond donors (Lipinski definition) is 3. The molecule has 194 valence electrons. The number of nitrogens with one attached hydrogen (secondary N) is 1. The van der Waals surface area contributed by atoms with Crippen molar-refractivity contribution < 1.29 is 50.9 Å². The largest absolute Gasteiger partial charge is 0.490 e. The summed E-state index contributed by atoms with van der Waals surface area (Å²) in [6, 6.07) is 12.2. The van der Waals surface area contributed by atoms with Gasteiger partial charge >= 0.3 is 18.1 Å². The zero-order valence-corrected chi connectivity index (χ0v) is 19.1. The van der Waals surface area contributed by atoms with Crippen LogP contribution < -0.4 is 9.46 Å². The quantitative estimate of drug-likeness (QED) is 0.332. The van der Waals surface area contributed by atoms with Crippen LogP contribution in [0, 0.1) is 0 Å². The number of sulfonamides is 1. The molecule has 1 aromatic heterocycles. The summed E-state index contributed by atoms with van der Waals surface area (Å²) in [5.74, 6) is -3.95. The zero-order valence-electron chi connectivity index (χ0n) is 18.3. The number of aromatic nitrogens is 2. The van der Waals surface area contributed by atoms with Crippen LogP contribution in [0.1, 0.15) is 6.42 Å². The summed E-state index contributed by atoms with van der Waals surface area (Å²) >= 11 is 0. The molecule has 36 heavy (non-hydrogen) atoms. The lowest BCUT2D eigenvalue weighted by Crippen LogP contribution is -2.37. The highest BCUT2D eigenvalue weighted by Crippen LogP contribution is 2.24. The molecule has 1 unspecified atom stereocenters. The number of alkyl halides is 3. The van der Waals surface area contributed by atoms with Crippen LogP contribution in [0.2, 0.25) is 0 Å². The van der Waals surface area contributed by atoms with Crippen LogP contribution in [-0.4, -0.2) is 65.2 Å². The van der Waals surface area contributed by atoms with E-state index in [9.17, 15) is 31.2 Å². The molecule has 0 radical (unpaired) electrons. The zero-order chi connectivity index (χ0) is 26.9. The predicted octanol–water partition coefficient (Wildman–Crippen LogP) is 2.07. The summed E-state index contributed by atoms with van der Waals surface area (Å²) in [5, 5.41) is 15.9. The second kappa shape index (κ2) is 12.1. The number of carbonyl (C=O) groups excluding carboxylic acids is 1. The molecular formula is C21H20F3N3O8S. The standard InChI is InChI=1S/C19H19N3O6S.C2HF3O2/c23-12-14(11-19(24)25)21-29(26,27)18-8-4-3-7-17(18)28-10-9-22-13-20-15-5-1-2-6-16(15)22;3-2(4,5)1(6)7/h1-8,12-14,21H,9-11H2,(H,24,25);(H,6,7). The topological polar surface area (TPSA) is 165 Å². The molecule has 0 saturated carbocycles. The first-order valence-corrected chi connectivity index (χ1v) is 11.4. The lowest BCUT2D eigenvalue weighted by atomic mass is 10.2. The van der Waals surface area contributed by atoms with Crippen molar-refractivity contribution in [1.82, 2.24) is 14.3 Å². The van der Waals surface area contributed by atoms with Gasteiger partial charge in [-0.05, 0) is 24.3 Å². The highest BCUT2D eigenvalue weighted by atomic mass is 32.2. The summed E-state index contributed by atoms with van der Waals surface area (Å²) in [5.41, 5.74) is 1.78. The molecule has 0 saturated heterocycles. The van der Waals surface area contributed by atoms with Crippen molar-refractivity contribution >= 4 is 39.3 Å². The van der Waals surface area contributed by atoms with Crippen LogP contribution in [-0.2, 0) is 31.0 Å². The van der Waals surface area contributed by atoms with Crippen molar-refractivity contribution in [3.63, 3.8) is 0 Å². The summed E-state index contributed by atoms with van der Waals surface area (Å²) in [6.45, 7) is 0.622. The highest BCUT2D eigenvalue weighted by molar-refractivity contribution is 7.89. The van der Waals surface area contributed by atoms with E-state index in [1.165, 1.54) is 18.2 Å². The molecule has 0 bridgehead atoms. The Kier molecular flexibility index (Phi) is 9.52. The van der Waals surface area contributed by atoms with E-state index in [1.54, 1.807) is 12.4 Å². The van der Waals surface area contributed by atoms with Crippen LogP contribution in [0.15, 0.2) is 59.8 Å². The lowest BCUT2D eigenvalue weighted by molar-refractivity contribution is -0.192. The van der Waals surface area contributed by atoms with E-state index in [0.717, 1.165) is 11.0 Å². The molecule has 2 aromatic carbocycles. The van der Waals surface area contributed by atoms with E-state index < -0.39 is 40.6 Å². The van der Waals surface area contributed by atoms with Crippen LogP contribution in [0.5, 0.6) is 5.75 Å². The molecule has 15 heteroatoms. The van der Waals surface area contributed by atoms with E-state index in [2.05, 4.69) is 9.71 Å². The third-order valence-electron chi connectivity index (χ3n) is 4.36. The Morgan fingerprint density at radius 3 is 2.33 bits per heavy atom. The Balaban J connectivity index is 0.000000572. The number of para-hydroxylation sites is 3. The van der Waals surface area contributed by atoms with Crippen molar-refractivity contribution in [2.75, 3.05) is 6.61 Å². The Morgan fingerprint density at radius 1 is 1.11 bits per heavy atom. The lowest BCUT2D eigenvalue weighted by Gasteiger charge is -2.15. The number of benzene rings is 2. The third kappa shape index (κ3) is 8.06. The Labute approximate surface area is 202 Å². The maximum Gasteiger partial charge on any atom is 0.490 e. The maximum atomic E-state index is 12.6. The SMILES string of the molecule is O=C(O)C(F)(F)F.O=CC(CC(=O)O)NS(=O)(=O)c1ccccc1OCCn1cnc2ccccc21. The Morgan fingerprint density at radius 2 is 1.72 bits per heavy atom. The summed E-state index contributed by atoms with van der Waals surface area (Å²) in [6.07, 6.45) is -3.81. The number of ether oxygens (including phenoxy) is 1. The van der Waals surface area contributed by atoms with Gasteiger partial charge in [0.25, 0.3) is 0 Å². The molecule has 3 rings (SSSR count). The molecule has 0 fully saturated rings. The number of nitrogens with zero attached hydrogens (tertiary/aromatic N) is 2. The number of carboxylic acids is 2. The molecule has 0 aliphatic rings. The highest BCUT2D eigenvalue weighted by Gasteiger charge is 2.38. The van der Waals surface area contributed by atoms with Crippen molar-refractivity contribution in [1.29, 1.82) is 0 Å². The fourth-order valence-corrected chi connectivity index (χ4v) is 4.12. The van der Waals surface area contributed by atoms with Crippen LogP contribution in [0.25, 0.3) is 11.0 Å². The molecule has 0 amide bonds. The number of fused-ring (bicyclic) bond motifs is 1. The van der Waals surface area contributed by atoms with Crippen molar-refractivity contribution in [2.24, 2.45) is 0 Å². The number of rotatable bonds is 10. The van der Waals surface area contributed by atoms with Crippen LogP contribution in [0.3, 0.4) is 0 Å². The van der Waals surface area contributed by atoms with Crippen molar-refractivity contribution in [3.8, 4) is 5.75 Å². The van der Waals surface area contributed by atoms with Gasteiger partial charge in [0.05, 0.1) is 36.4 Å². The van der Waals surface area contributed by atoms with Gasteiger partial charge in [0.1, 0.15) is 23.5 Å². The van der Waals surface area contributed by atoms with Gasteiger partial charge in [-0.15, -0.1) is 0 Å². The van der Waals surface area contributed by atoms with Gasteiger partial charge in [-0.2, -0.15) is 13.2 Å². The van der Waals surface area contributed by atoms with Crippen LogP contribution in [0.4, 0.5) is 13.2 Å². The molecule has 11 nitrogen and oxygen atoms in total. The third-order valence-corrected chi connectivity index (χ3v) is 5.89. The average molecular weight is 531 g/mol. The fraction of sp³-hybridized carbons (Fsp3) is 0.238. The molecule has 0 aliphatic carbocycles. The van der Waals surface area contributed by atoms with Crippen molar-refractivity contribution in [2.45, 2.75) is 30.1 Å².